The summed E-state index contributed by atoms with van der Waals surface area (Å²) < 4.78 is 26.9. The van der Waals surface area contributed by atoms with Crippen LogP contribution < -0.4 is 5.32 Å². The number of aliphatic hydroxyl groups excluding tert-OH is 3. The van der Waals surface area contributed by atoms with E-state index in [-0.39, 0.29) is 37.3 Å². The number of nitrogens with zero attached hydrogens (tertiary/aromatic N) is 6. The number of aliphatic hydroxyl groups is 4. The Morgan fingerprint density at radius 2 is 1.82 bits per heavy atom. The average Bonchev–Trinajstić information content (AvgIpc) is 3.79. The molecule has 15 atom stereocenters. The third kappa shape index (κ3) is 13.0. The number of esters is 1. The molecule has 5 rings (SSSR count). The molecule has 2 aromatic rings. The fourth-order valence-electron chi connectivity index (χ4n) is 9.92. The summed E-state index contributed by atoms with van der Waals surface area (Å²) >= 11 is 0. The molecule has 3 aliphatic heterocycles. The maximum absolute atomic E-state index is 14.4. The summed E-state index contributed by atoms with van der Waals surface area (Å²) in [6.45, 7) is 15.3. The zero-order valence-corrected chi connectivity index (χ0v) is 40.8. The number of nitrogens with one attached hydrogen (secondary N) is 1. The first-order valence-electron chi connectivity index (χ1n) is 23.7. The van der Waals surface area contributed by atoms with Gasteiger partial charge < -0.3 is 54.4 Å². The summed E-state index contributed by atoms with van der Waals surface area (Å²) in [5.41, 5.74) is -1.36. The van der Waals surface area contributed by atoms with E-state index in [1.54, 1.807) is 50.7 Å². The van der Waals surface area contributed by atoms with Gasteiger partial charge in [0.25, 0.3) is 5.69 Å². The maximum atomic E-state index is 14.4. The lowest BCUT2D eigenvalue weighted by atomic mass is 9.74. The topological polar surface area (TPSA) is 263 Å². The molecule has 0 spiro atoms. The average molecular weight is 946 g/mol. The number of Topliss-reactive ketones (excluding diaryl/α,β-unsaturated/α-hetero) is 1. The van der Waals surface area contributed by atoms with Crippen molar-refractivity contribution >= 4 is 23.2 Å². The standard InChI is InChI=1S/C47H75N7O13/c1-11-38-47(8,60)42(58)29(4)39(50-67-36-13-12-19-48-24-36)27(2)23-46(7,63-10)43(30(5)40(56)31(6)44(59)65-38)66-45-41(57)37(21-28(3)64-45)52(9)20-18-33-25-53(51-49-33)35(26-55)22-32-14-16-34(17-15-32)54(61)62/h14-17,25,27-31,35-38,41-43,45,48,55,57-58,60H,11-13,18-24,26H2,1-10H3/t27-,28-,29+,30+,31-,35?,36-,37+,38-,41-,42-,43-,45+,46-,47-/m1/s1. The second-order valence-corrected chi connectivity index (χ2v) is 19.5. The number of cyclic esters (lactones) is 1. The predicted molar refractivity (Wildman–Crippen MR) is 246 cm³/mol. The van der Waals surface area contributed by atoms with Gasteiger partial charge in [0.05, 0.1) is 52.9 Å². The summed E-state index contributed by atoms with van der Waals surface area (Å²) in [6, 6.07) is 5.24. The number of hydrogen-bond donors (Lipinski definition) is 5. The number of ketones is 1. The van der Waals surface area contributed by atoms with Gasteiger partial charge in [0.1, 0.15) is 29.8 Å². The third-order valence-electron chi connectivity index (χ3n) is 14.3. The van der Waals surface area contributed by atoms with E-state index in [2.05, 4.69) is 20.8 Å². The van der Waals surface area contributed by atoms with Crippen LogP contribution in [-0.2, 0) is 46.2 Å². The molecule has 67 heavy (non-hydrogen) atoms. The molecule has 3 saturated heterocycles. The summed E-state index contributed by atoms with van der Waals surface area (Å²) in [5, 5.41) is 73.7. The fourth-order valence-corrected chi connectivity index (χ4v) is 9.92. The molecule has 1 aromatic carbocycles. The van der Waals surface area contributed by atoms with Crippen LogP contribution >= 0.6 is 0 Å². The quantitative estimate of drug-likeness (QED) is 0.0743. The first kappa shape index (κ1) is 54.0. The van der Waals surface area contributed by atoms with Crippen molar-refractivity contribution in [2.24, 2.45) is 28.8 Å². The van der Waals surface area contributed by atoms with Gasteiger partial charge in [-0.15, -0.1) is 5.10 Å². The van der Waals surface area contributed by atoms with Gasteiger partial charge in [-0.1, -0.05) is 50.2 Å². The van der Waals surface area contributed by atoms with Crippen molar-refractivity contribution in [3.05, 3.63) is 51.8 Å². The van der Waals surface area contributed by atoms with Crippen molar-refractivity contribution in [3.8, 4) is 0 Å². The van der Waals surface area contributed by atoms with Crippen LogP contribution in [-0.4, -0.2) is 163 Å². The first-order chi connectivity index (χ1) is 31.6. The van der Waals surface area contributed by atoms with E-state index in [1.807, 2.05) is 25.8 Å². The SMILES string of the molecule is CC[C@H]1OC(=O)[C@H](C)C(=O)[C@H](C)[C@@H](O[C@@H]2O[C@H](C)C[C@H](N(C)CCc3cn(C(CO)Cc4ccc([N+](=O)[O-])cc4)nn3)[C@H]2O)[C@](C)(OC)C[C@@H](C)C(=NO[C@@H]2CCCNC2)[C@H](C)[C@@H](O)[C@]1(C)O. The number of rotatable bonds is 15. The minimum Gasteiger partial charge on any atom is -0.459 e. The Kier molecular flexibility index (Phi) is 19.0. The molecule has 0 saturated carbocycles. The molecule has 0 aliphatic carbocycles. The minimum absolute atomic E-state index is 0.0198. The molecule has 20 heteroatoms. The number of non-ortho nitro benzene ring substituents is 1. The fraction of sp³-hybridized carbons (Fsp3) is 0.766. The smallest absolute Gasteiger partial charge is 0.316 e. The molecular formula is C47H75N7O13. The van der Waals surface area contributed by atoms with E-state index in [9.17, 15) is 40.1 Å². The van der Waals surface area contributed by atoms with Crippen molar-refractivity contribution in [2.75, 3.05) is 40.4 Å². The van der Waals surface area contributed by atoms with E-state index in [1.165, 1.54) is 33.1 Å². The molecule has 3 fully saturated rings. The Labute approximate surface area is 393 Å². The first-order valence-corrected chi connectivity index (χ1v) is 23.7. The predicted octanol–water partition coefficient (Wildman–Crippen LogP) is 3.17. The molecule has 20 nitrogen and oxygen atoms in total. The summed E-state index contributed by atoms with van der Waals surface area (Å²) in [5.74, 6) is -4.95. The monoisotopic (exact) mass is 946 g/mol. The Bertz CT molecular complexity index is 1960. The lowest BCUT2D eigenvalue weighted by Crippen LogP contribution is -2.60. The van der Waals surface area contributed by atoms with Gasteiger partial charge in [-0.3, -0.25) is 19.7 Å². The van der Waals surface area contributed by atoms with Gasteiger partial charge in [-0.2, -0.15) is 0 Å². The highest BCUT2D eigenvalue weighted by atomic mass is 16.7. The van der Waals surface area contributed by atoms with E-state index < -0.39 is 94.3 Å². The summed E-state index contributed by atoms with van der Waals surface area (Å²) in [4.78, 5) is 46.9. The van der Waals surface area contributed by atoms with Crippen molar-refractivity contribution in [1.29, 1.82) is 0 Å². The van der Waals surface area contributed by atoms with Crippen LogP contribution in [0.25, 0.3) is 0 Å². The highest BCUT2D eigenvalue weighted by molar-refractivity contribution is 6.00. The summed E-state index contributed by atoms with van der Waals surface area (Å²) in [7, 11) is 3.38. The van der Waals surface area contributed by atoms with Gasteiger partial charge in [0.15, 0.2) is 12.1 Å². The number of nitro groups is 1. The molecule has 0 amide bonds. The maximum Gasteiger partial charge on any atom is 0.316 e. The number of methoxy groups -OCH3 is 1. The van der Waals surface area contributed by atoms with Crippen molar-refractivity contribution < 1.29 is 58.7 Å². The number of piperidine rings is 1. The van der Waals surface area contributed by atoms with Gasteiger partial charge in [-0.05, 0) is 85.4 Å². The van der Waals surface area contributed by atoms with Gasteiger partial charge >= 0.3 is 5.97 Å². The van der Waals surface area contributed by atoms with Crippen LogP contribution in [0.2, 0.25) is 0 Å². The zero-order chi connectivity index (χ0) is 49.4. The number of benzene rings is 1. The van der Waals surface area contributed by atoms with E-state index in [0.29, 0.717) is 43.8 Å². The van der Waals surface area contributed by atoms with Crippen LogP contribution in [0.5, 0.6) is 0 Å². The molecule has 0 bridgehead atoms. The van der Waals surface area contributed by atoms with Gasteiger partial charge in [0, 0.05) is 68.7 Å². The molecule has 1 unspecified atom stereocenters. The highest BCUT2D eigenvalue weighted by Gasteiger charge is 2.52. The number of carbonyl (C=O) groups excluding carboxylic acids is 2. The number of nitro benzene ring substituents is 1. The van der Waals surface area contributed by atoms with Crippen molar-refractivity contribution in [2.45, 2.75) is 167 Å². The van der Waals surface area contributed by atoms with Gasteiger partial charge in [0.2, 0.25) is 0 Å². The number of ether oxygens (including phenoxy) is 4. The van der Waals surface area contributed by atoms with Crippen LogP contribution in [0.4, 0.5) is 5.69 Å². The molecule has 3 aliphatic rings. The highest BCUT2D eigenvalue weighted by Crippen LogP contribution is 2.39. The Hall–Kier alpha value is -3.99. The molecule has 0 radical (unpaired) electrons. The second-order valence-electron chi connectivity index (χ2n) is 19.5. The Balaban J connectivity index is 1.39. The number of oxime groups is 1. The van der Waals surface area contributed by atoms with Crippen LogP contribution in [0.3, 0.4) is 0 Å². The lowest BCUT2D eigenvalue weighted by molar-refractivity contribution is -0.384. The van der Waals surface area contributed by atoms with Crippen molar-refractivity contribution in [1.82, 2.24) is 25.2 Å². The van der Waals surface area contributed by atoms with Crippen molar-refractivity contribution in [3.63, 3.8) is 0 Å². The number of hydrogen-bond acceptors (Lipinski definition) is 18. The van der Waals surface area contributed by atoms with Gasteiger partial charge in [-0.25, -0.2) is 4.68 Å². The zero-order valence-electron chi connectivity index (χ0n) is 40.8. The lowest BCUT2D eigenvalue weighted by Gasteiger charge is -2.47. The molecule has 376 valence electrons. The Morgan fingerprint density at radius 3 is 2.43 bits per heavy atom. The number of likely N-dealkylation sites (N-methyl/N-ethyl adjacent to an activating group) is 1. The second kappa shape index (κ2) is 23.5. The minimum atomic E-state index is -1.93. The Morgan fingerprint density at radius 1 is 1.12 bits per heavy atom. The van der Waals surface area contributed by atoms with E-state index in [4.69, 9.17) is 23.8 Å². The molecule has 4 heterocycles. The molecule has 5 N–H and O–H groups in total. The van der Waals surface area contributed by atoms with Crippen LogP contribution in [0.1, 0.15) is 105 Å². The summed E-state index contributed by atoms with van der Waals surface area (Å²) in [6.07, 6.45) is -1.71. The van der Waals surface area contributed by atoms with E-state index in [0.717, 1.165) is 24.9 Å². The van der Waals surface area contributed by atoms with Crippen LogP contribution in [0, 0.1) is 33.8 Å². The third-order valence-corrected chi connectivity index (χ3v) is 14.3. The number of aromatic nitrogens is 3. The molecular weight excluding hydrogens is 871 g/mol. The largest absolute Gasteiger partial charge is 0.459 e. The van der Waals surface area contributed by atoms with Crippen LogP contribution in [0.15, 0.2) is 35.6 Å². The normalized spacial score (nSPS) is 36.1. The van der Waals surface area contributed by atoms with E-state index >= 15 is 0 Å². The molecule has 1 aromatic heterocycles. The number of carbonyl (C=O) groups is 2.